The van der Waals surface area contributed by atoms with Crippen LogP contribution >= 0.6 is 0 Å². The number of amides is 4. The molecule has 6 heterocycles. The summed E-state index contributed by atoms with van der Waals surface area (Å²) in [6, 6.07) is 16.4. The van der Waals surface area contributed by atoms with Crippen LogP contribution in [0, 0.1) is 18.7 Å². The van der Waals surface area contributed by atoms with E-state index in [2.05, 4.69) is 67.9 Å². The minimum atomic E-state index is -0.439. The third-order valence-corrected chi connectivity index (χ3v) is 11.8. The molecule has 1 atom stereocenters. The van der Waals surface area contributed by atoms with E-state index in [9.17, 15) is 14.4 Å². The molecule has 8 rings (SSSR count). The average molecular weight is 845 g/mol. The molecule has 0 spiro atoms. The van der Waals surface area contributed by atoms with Crippen LogP contribution in [0.25, 0.3) is 11.3 Å². The number of nitrogens with zero attached hydrogens (tertiary/aromatic N) is 9. The lowest BCUT2D eigenvalue weighted by Crippen LogP contribution is -2.49. The molecule has 2 aromatic carbocycles. The van der Waals surface area contributed by atoms with Gasteiger partial charge in [0.2, 0.25) is 11.9 Å². The van der Waals surface area contributed by atoms with Gasteiger partial charge in [-0.05, 0) is 80.1 Å². The molecule has 5 aromatic rings. The van der Waals surface area contributed by atoms with E-state index in [1.165, 1.54) is 6.07 Å². The summed E-state index contributed by atoms with van der Waals surface area (Å²) in [6.07, 6.45) is 5.70. The molecule has 0 bridgehead atoms. The zero-order valence-electron chi connectivity index (χ0n) is 35.8. The van der Waals surface area contributed by atoms with E-state index >= 15 is 4.39 Å². The van der Waals surface area contributed by atoms with E-state index in [-0.39, 0.29) is 35.1 Å². The Labute approximate surface area is 360 Å². The second-order valence-electron chi connectivity index (χ2n) is 17.3. The van der Waals surface area contributed by atoms with Crippen molar-refractivity contribution >= 4 is 46.7 Å². The molecule has 0 radical (unpaired) electrons. The number of hydrogen-bond donors (Lipinski definition) is 3. The molecule has 16 nitrogen and oxygen atoms in total. The van der Waals surface area contributed by atoms with Crippen molar-refractivity contribution in [1.82, 2.24) is 40.6 Å². The number of nitrogens with one attached hydrogen (secondary N) is 3. The number of rotatable bonds is 11. The number of pyridine rings is 1. The van der Waals surface area contributed by atoms with Crippen molar-refractivity contribution in [3.05, 3.63) is 95.7 Å². The number of halogens is 1. The summed E-state index contributed by atoms with van der Waals surface area (Å²) in [6.45, 7) is 16.2. The molecule has 17 heteroatoms. The minimum Gasteiger partial charge on any atom is -0.372 e. The third kappa shape index (κ3) is 9.67. The molecule has 324 valence electrons. The first-order valence-corrected chi connectivity index (χ1v) is 21.2. The van der Waals surface area contributed by atoms with Gasteiger partial charge in [-0.15, -0.1) is 0 Å². The molecule has 0 aliphatic carbocycles. The topological polar surface area (TPSA) is 178 Å². The average Bonchev–Trinajstić information content (AvgIpc) is 3.77. The lowest BCUT2D eigenvalue weighted by Gasteiger charge is -2.40. The first-order chi connectivity index (χ1) is 29.8. The summed E-state index contributed by atoms with van der Waals surface area (Å²) in [7, 11) is 0. The normalized spacial score (nSPS) is 17.2. The largest absolute Gasteiger partial charge is 0.372 e. The predicted octanol–water partition coefficient (Wildman–Crippen LogP) is 6.39. The molecule has 3 fully saturated rings. The number of urea groups is 1. The Morgan fingerprint density at radius 1 is 0.919 bits per heavy atom. The standard InChI is InChI=1S/C45H53FN12O4/c1-28-24-31(6-11-34(28)29(2)49-40(60)41-53-42(54-62-41)45(3,4)5)36-12-16-47-43(50-36)51-38-25-35(46)37(26-48-38)57-22-20-55(21-23-57)27-30-13-17-56(18-14-30)32-7-9-33(10-8-32)58-19-15-39(59)52-44(58)61/h6-12,16,24-26,29-30H,13-15,17-23,27H2,1-5H3,(H,49,60)(H,52,59,61)(H,47,48,50,51)/t29-/m1/s1. The smallest absolute Gasteiger partial charge is 0.328 e. The van der Waals surface area contributed by atoms with Crippen molar-refractivity contribution in [2.24, 2.45) is 5.92 Å². The number of carbonyl (C=O) groups is 3. The Bertz CT molecular complexity index is 2420. The van der Waals surface area contributed by atoms with Gasteiger partial charge in [0, 0.05) is 93.4 Å². The van der Waals surface area contributed by atoms with E-state index in [0.717, 1.165) is 73.6 Å². The van der Waals surface area contributed by atoms with Crippen LogP contribution in [0.1, 0.15) is 80.6 Å². The maximum atomic E-state index is 15.6. The van der Waals surface area contributed by atoms with Gasteiger partial charge in [-0.1, -0.05) is 38.1 Å². The van der Waals surface area contributed by atoms with Gasteiger partial charge in [-0.25, -0.2) is 24.1 Å². The summed E-state index contributed by atoms with van der Waals surface area (Å²) < 4.78 is 20.8. The highest BCUT2D eigenvalue weighted by Gasteiger charge is 2.28. The fraction of sp³-hybridized carbons (Fsp3) is 0.422. The van der Waals surface area contributed by atoms with Gasteiger partial charge in [0.15, 0.2) is 11.6 Å². The second-order valence-corrected chi connectivity index (χ2v) is 17.3. The number of aromatic nitrogens is 5. The number of piperidine rings is 1. The maximum Gasteiger partial charge on any atom is 0.328 e. The van der Waals surface area contributed by atoms with Gasteiger partial charge in [0.05, 0.1) is 23.6 Å². The van der Waals surface area contributed by atoms with Gasteiger partial charge >= 0.3 is 17.8 Å². The molecule has 3 aliphatic heterocycles. The van der Waals surface area contributed by atoms with Gasteiger partial charge in [-0.3, -0.25) is 24.7 Å². The molecule has 3 aliphatic rings. The van der Waals surface area contributed by atoms with E-state index in [1.807, 2.05) is 65.0 Å². The zero-order chi connectivity index (χ0) is 43.5. The molecule has 0 unspecified atom stereocenters. The fourth-order valence-electron chi connectivity index (χ4n) is 8.26. The predicted molar refractivity (Wildman–Crippen MR) is 234 cm³/mol. The highest BCUT2D eigenvalue weighted by Crippen LogP contribution is 2.30. The van der Waals surface area contributed by atoms with Crippen molar-refractivity contribution in [1.29, 1.82) is 0 Å². The second kappa shape index (κ2) is 17.8. The van der Waals surface area contributed by atoms with Crippen molar-refractivity contribution < 1.29 is 23.3 Å². The third-order valence-electron chi connectivity index (χ3n) is 11.8. The summed E-state index contributed by atoms with van der Waals surface area (Å²) in [4.78, 5) is 63.0. The molecular formula is C45H53FN12O4. The first-order valence-electron chi connectivity index (χ1n) is 21.2. The minimum absolute atomic E-state index is 0.0744. The quantitative estimate of drug-likeness (QED) is 0.134. The number of piperazine rings is 1. The van der Waals surface area contributed by atoms with Crippen LogP contribution in [0.15, 0.2) is 71.5 Å². The monoisotopic (exact) mass is 844 g/mol. The zero-order valence-corrected chi connectivity index (χ0v) is 35.8. The van der Waals surface area contributed by atoms with E-state index < -0.39 is 5.91 Å². The van der Waals surface area contributed by atoms with Gasteiger partial charge < -0.3 is 25.0 Å². The Morgan fingerprint density at radius 3 is 2.34 bits per heavy atom. The van der Waals surface area contributed by atoms with Crippen molar-refractivity contribution in [2.75, 3.05) is 72.4 Å². The van der Waals surface area contributed by atoms with Gasteiger partial charge in [0.1, 0.15) is 5.82 Å². The summed E-state index contributed by atoms with van der Waals surface area (Å²) >= 11 is 0. The Kier molecular flexibility index (Phi) is 12.2. The van der Waals surface area contributed by atoms with Gasteiger partial charge in [-0.2, -0.15) is 4.98 Å². The number of carbonyl (C=O) groups excluding carboxylic acids is 3. The molecule has 62 heavy (non-hydrogen) atoms. The van der Waals surface area contributed by atoms with E-state index in [0.29, 0.717) is 60.9 Å². The number of hydrogen-bond acceptors (Lipinski definition) is 13. The van der Waals surface area contributed by atoms with E-state index in [4.69, 9.17) is 4.52 Å². The first kappa shape index (κ1) is 42.2. The summed E-state index contributed by atoms with van der Waals surface area (Å²) in [5.74, 6) is 0.550. The highest BCUT2D eigenvalue weighted by atomic mass is 19.1. The number of aryl methyl sites for hydroxylation is 1. The number of benzene rings is 2. The molecule has 4 amide bonds. The lowest BCUT2D eigenvalue weighted by atomic mass is 9.95. The SMILES string of the molecule is Cc1cc(-c2ccnc(Nc3cc(F)c(N4CCN(CC5CCN(c6ccc(N7CCC(=O)NC7=O)cc6)CC5)CC4)cn3)n2)ccc1[C@@H](C)NC(=O)c1nc(C(C)(C)C)no1. The van der Waals surface area contributed by atoms with Crippen molar-refractivity contribution in [3.8, 4) is 11.3 Å². The molecule has 0 saturated carbocycles. The van der Waals surface area contributed by atoms with Crippen molar-refractivity contribution in [3.63, 3.8) is 0 Å². The maximum absolute atomic E-state index is 15.6. The molecular weight excluding hydrogens is 792 g/mol. The van der Waals surface area contributed by atoms with Crippen LogP contribution in [0.4, 0.5) is 38.0 Å². The fourth-order valence-corrected chi connectivity index (χ4v) is 8.26. The van der Waals surface area contributed by atoms with Crippen LogP contribution in [-0.2, 0) is 10.2 Å². The summed E-state index contributed by atoms with van der Waals surface area (Å²) in [5.41, 5.74) is 5.48. The van der Waals surface area contributed by atoms with E-state index in [1.54, 1.807) is 23.4 Å². The number of imide groups is 1. The summed E-state index contributed by atoms with van der Waals surface area (Å²) in [5, 5.41) is 12.3. The van der Waals surface area contributed by atoms with Gasteiger partial charge in [0.25, 0.3) is 0 Å². The Morgan fingerprint density at radius 2 is 1.66 bits per heavy atom. The van der Waals surface area contributed by atoms with Crippen LogP contribution in [0.5, 0.6) is 0 Å². The Balaban J connectivity index is 0.798. The van der Waals surface area contributed by atoms with Crippen molar-refractivity contribution in [2.45, 2.75) is 65.3 Å². The van der Waals surface area contributed by atoms with Crippen LogP contribution in [0.2, 0.25) is 0 Å². The molecule has 3 N–H and O–H groups in total. The number of anilines is 5. The Hall–Kier alpha value is -6.49. The molecule has 3 saturated heterocycles. The lowest BCUT2D eigenvalue weighted by molar-refractivity contribution is -0.120. The van der Waals surface area contributed by atoms with Crippen LogP contribution < -0.4 is 30.7 Å². The molecule has 3 aromatic heterocycles. The van der Waals surface area contributed by atoms with Crippen LogP contribution in [0.3, 0.4) is 0 Å². The highest BCUT2D eigenvalue weighted by molar-refractivity contribution is 6.05. The van der Waals surface area contributed by atoms with Crippen LogP contribution in [-0.4, -0.2) is 100 Å².